The SMILES string of the molecule is COc1ccc(NC(=O)c2ccc(C(=O)c3ccccc3)cc2)cc1Cl. The Morgan fingerprint density at radius 3 is 2.08 bits per heavy atom. The molecule has 4 nitrogen and oxygen atoms in total. The molecule has 0 unspecified atom stereocenters. The molecule has 0 spiro atoms. The number of anilines is 1. The molecule has 0 atom stereocenters. The number of benzene rings is 3. The Labute approximate surface area is 156 Å². The molecule has 0 saturated carbocycles. The van der Waals surface area contributed by atoms with Gasteiger partial charge < -0.3 is 10.1 Å². The normalized spacial score (nSPS) is 10.2. The topological polar surface area (TPSA) is 55.4 Å². The van der Waals surface area contributed by atoms with E-state index in [9.17, 15) is 9.59 Å². The second-order valence-electron chi connectivity index (χ2n) is 5.58. The van der Waals surface area contributed by atoms with Crippen LogP contribution in [0.4, 0.5) is 5.69 Å². The van der Waals surface area contributed by atoms with Crippen LogP contribution in [0.2, 0.25) is 5.02 Å². The number of hydrogen-bond donors (Lipinski definition) is 1. The van der Waals surface area contributed by atoms with Crippen molar-refractivity contribution in [3.63, 3.8) is 0 Å². The quantitative estimate of drug-likeness (QED) is 0.659. The molecule has 0 heterocycles. The maximum atomic E-state index is 12.4. The summed E-state index contributed by atoms with van der Waals surface area (Å²) in [5, 5.41) is 3.18. The van der Waals surface area contributed by atoms with Crippen molar-refractivity contribution in [1.82, 2.24) is 0 Å². The summed E-state index contributed by atoms with van der Waals surface area (Å²) in [6.07, 6.45) is 0. The molecule has 130 valence electrons. The van der Waals surface area contributed by atoms with Crippen LogP contribution in [-0.2, 0) is 0 Å². The Morgan fingerprint density at radius 2 is 1.46 bits per heavy atom. The van der Waals surface area contributed by atoms with Crippen molar-refractivity contribution in [1.29, 1.82) is 0 Å². The summed E-state index contributed by atoms with van der Waals surface area (Å²) in [6.45, 7) is 0. The van der Waals surface area contributed by atoms with Gasteiger partial charge >= 0.3 is 0 Å². The third-order valence-corrected chi connectivity index (χ3v) is 4.15. The summed E-state index contributed by atoms with van der Waals surface area (Å²) in [5.41, 5.74) is 2.14. The van der Waals surface area contributed by atoms with Crippen LogP contribution >= 0.6 is 11.6 Å². The second kappa shape index (κ2) is 7.85. The molecule has 3 aromatic carbocycles. The molecule has 26 heavy (non-hydrogen) atoms. The highest BCUT2D eigenvalue weighted by atomic mass is 35.5. The summed E-state index contributed by atoms with van der Waals surface area (Å²) in [4.78, 5) is 24.7. The van der Waals surface area contributed by atoms with Gasteiger partial charge in [-0.1, -0.05) is 54.1 Å². The van der Waals surface area contributed by atoms with Crippen molar-refractivity contribution in [3.8, 4) is 5.75 Å². The smallest absolute Gasteiger partial charge is 0.255 e. The molecule has 5 heteroatoms. The van der Waals surface area contributed by atoms with Crippen LogP contribution in [-0.4, -0.2) is 18.8 Å². The van der Waals surface area contributed by atoms with Crippen molar-refractivity contribution >= 4 is 29.0 Å². The number of ether oxygens (including phenoxy) is 1. The van der Waals surface area contributed by atoms with Gasteiger partial charge in [0.15, 0.2) is 5.78 Å². The number of nitrogens with one attached hydrogen (secondary N) is 1. The molecule has 0 aliphatic carbocycles. The Balaban J connectivity index is 1.73. The van der Waals surface area contributed by atoms with Gasteiger partial charge in [-0.15, -0.1) is 0 Å². The van der Waals surface area contributed by atoms with Crippen LogP contribution in [0.3, 0.4) is 0 Å². The van der Waals surface area contributed by atoms with E-state index in [1.165, 1.54) is 7.11 Å². The minimum atomic E-state index is -0.287. The fourth-order valence-electron chi connectivity index (χ4n) is 2.48. The minimum absolute atomic E-state index is 0.0838. The van der Waals surface area contributed by atoms with E-state index in [1.807, 2.05) is 18.2 Å². The monoisotopic (exact) mass is 365 g/mol. The van der Waals surface area contributed by atoms with E-state index in [1.54, 1.807) is 54.6 Å². The van der Waals surface area contributed by atoms with Gasteiger partial charge in [0, 0.05) is 22.4 Å². The summed E-state index contributed by atoms with van der Waals surface area (Å²) >= 11 is 6.06. The standard InChI is InChI=1S/C21H16ClNO3/c1-26-19-12-11-17(13-18(19)22)23-21(25)16-9-7-15(8-10-16)20(24)14-5-3-2-4-6-14/h2-13H,1H3,(H,23,25). The van der Waals surface area contributed by atoms with Gasteiger partial charge in [0.05, 0.1) is 12.1 Å². The van der Waals surface area contributed by atoms with Crippen molar-refractivity contribution in [3.05, 3.63) is 94.5 Å². The number of carbonyl (C=O) groups excluding carboxylic acids is 2. The predicted octanol–water partition coefficient (Wildman–Crippen LogP) is 4.83. The van der Waals surface area contributed by atoms with Gasteiger partial charge in [0.1, 0.15) is 5.75 Å². The molecule has 1 N–H and O–H groups in total. The minimum Gasteiger partial charge on any atom is -0.495 e. The molecule has 3 rings (SSSR count). The zero-order chi connectivity index (χ0) is 18.5. The second-order valence-corrected chi connectivity index (χ2v) is 5.98. The van der Waals surface area contributed by atoms with Gasteiger partial charge in [-0.25, -0.2) is 0 Å². The first-order valence-corrected chi connectivity index (χ1v) is 8.31. The highest BCUT2D eigenvalue weighted by molar-refractivity contribution is 6.32. The van der Waals surface area contributed by atoms with E-state index >= 15 is 0 Å². The van der Waals surface area contributed by atoms with E-state index < -0.39 is 0 Å². The van der Waals surface area contributed by atoms with E-state index in [2.05, 4.69) is 5.32 Å². The lowest BCUT2D eigenvalue weighted by Crippen LogP contribution is -2.12. The summed E-state index contributed by atoms with van der Waals surface area (Å²) in [5.74, 6) is 0.165. The van der Waals surface area contributed by atoms with Crippen LogP contribution < -0.4 is 10.1 Å². The largest absolute Gasteiger partial charge is 0.495 e. The van der Waals surface area contributed by atoms with Crippen LogP contribution in [0.1, 0.15) is 26.3 Å². The van der Waals surface area contributed by atoms with E-state index in [4.69, 9.17) is 16.3 Å². The molecular weight excluding hydrogens is 350 g/mol. The van der Waals surface area contributed by atoms with Gasteiger partial charge in [0.2, 0.25) is 0 Å². The molecular formula is C21H16ClNO3. The first-order chi connectivity index (χ1) is 12.6. The van der Waals surface area contributed by atoms with Crippen LogP contribution in [0, 0.1) is 0 Å². The fraction of sp³-hybridized carbons (Fsp3) is 0.0476. The maximum Gasteiger partial charge on any atom is 0.255 e. The molecule has 0 aliphatic heterocycles. The van der Waals surface area contributed by atoms with Gasteiger partial charge in [-0.3, -0.25) is 9.59 Å². The molecule has 1 amide bonds. The van der Waals surface area contributed by atoms with Gasteiger partial charge in [-0.2, -0.15) is 0 Å². The average Bonchev–Trinajstić information content (AvgIpc) is 2.68. The predicted molar refractivity (Wildman–Crippen MR) is 102 cm³/mol. The number of rotatable bonds is 5. The summed E-state index contributed by atoms with van der Waals surface area (Å²) in [6, 6.07) is 20.5. The Morgan fingerprint density at radius 1 is 0.846 bits per heavy atom. The molecule has 0 radical (unpaired) electrons. The molecule has 0 fully saturated rings. The number of halogens is 1. The zero-order valence-corrected chi connectivity index (χ0v) is 14.8. The Kier molecular flexibility index (Phi) is 5.34. The average molecular weight is 366 g/mol. The van der Waals surface area contributed by atoms with Crippen LogP contribution in [0.5, 0.6) is 5.75 Å². The number of methoxy groups -OCH3 is 1. The Hall–Kier alpha value is -3.11. The number of ketones is 1. The lowest BCUT2D eigenvalue weighted by Gasteiger charge is -2.08. The highest BCUT2D eigenvalue weighted by Crippen LogP contribution is 2.27. The lowest BCUT2D eigenvalue weighted by atomic mass is 10.0. The lowest BCUT2D eigenvalue weighted by molar-refractivity contribution is 0.102. The third-order valence-electron chi connectivity index (χ3n) is 3.85. The first kappa shape index (κ1) is 17.7. The highest BCUT2D eigenvalue weighted by Gasteiger charge is 2.11. The summed E-state index contributed by atoms with van der Waals surface area (Å²) in [7, 11) is 1.53. The molecule has 0 aromatic heterocycles. The molecule has 0 bridgehead atoms. The first-order valence-electron chi connectivity index (χ1n) is 7.93. The molecule has 0 aliphatic rings. The van der Waals surface area contributed by atoms with Crippen molar-refractivity contribution in [2.45, 2.75) is 0 Å². The van der Waals surface area contributed by atoms with Crippen LogP contribution in [0.15, 0.2) is 72.8 Å². The maximum absolute atomic E-state index is 12.4. The fourth-order valence-corrected chi connectivity index (χ4v) is 2.73. The number of hydrogen-bond acceptors (Lipinski definition) is 3. The van der Waals surface area contributed by atoms with E-state index in [-0.39, 0.29) is 11.7 Å². The van der Waals surface area contributed by atoms with E-state index in [0.717, 1.165) is 0 Å². The Bertz CT molecular complexity index is 937. The summed E-state index contributed by atoms with van der Waals surface area (Å²) < 4.78 is 5.09. The number of carbonyl (C=O) groups is 2. The number of amides is 1. The molecule has 0 saturated heterocycles. The van der Waals surface area contributed by atoms with Crippen molar-refractivity contribution in [2.24, 2.45) is 0 Å². The van der Waals surface area contributed by atoms with Crippen molar-refractivity contribution < 1.29 is 14.3 Å². The van der Waals surface area contributed by atoms with Crippen molar-refractivity contribution in [2.75, 3.05) is 12.4 Å². The van der Waals surface area contributed by atoms with E-state index in [0.29, 0.717) is 33.1 Å². The molecule has 3 aromatic rings. The third kappa shape index (κ3) is 3.92. The van der Waals surface area contributed by atoms with Gasteiger partial charge in [0.25, 0.3) is 5.91 Å². The zero-order valence-electron chi connectivity index (χ0n) is 14.0. The van der Waals surface area contributed by atoms with Gasteiger partial charge in [-0.05, 0) is 30.3 Å². The van der Waals surface area contributed by atoms with Crippen LogP contribution in [0.25, 0.3) is 0 Å².